The van der Waals surface area contributed by atoms with Crippen molar-refractivity contribution in [3.63, 3.8) is 0 Å². The third kappa shape index (κ3) is 4.15. The summed E-state index contributed by atoms with van der Waals surface area (Å²) in [6.45, 7) is 0. The number of hydrogen-bond donors (Lipinski definition) is 0. The molecule has 1 heteroatoms. The van der Waals surface area contributed by atoms with Crippen molar-refractivity contribution in [2.45, 2.75) is 5.41 Å². The molecule has 0 saturated carbocycles. The summed E-state index contributed by atoms with van der Waals surface area (Å²) in [5.74, 6) is 0. The Morgan fingerprint density at radius 2 is 0.883 bits per heavy atom. The van der Waals surface area contributed by atoms with Crippen LogP contribution in [0.1, 0.15) is 22.3 Å². The molecule has 1 spiro atoms. The fraction of sp³-hybridized carbons (Fsp3) is 0.0169. The molecule has 1 atom stereocenters. The monoisotopic (exact) mass is 774 g/mol. The van der Waals surface area contributed by atoms with Gasteiger partial charge in [-0.15, -0.1) is 11.3 Å². The molecule has 0 bridgehead atoms. The molecule has 60 heavy (non-hydrogen) atoms. The van der Waals surface area contributed by atoms with E-state index in [4.69, 9.17) is 0 Å². The first kappa shape index (κ1) is 32.6. The zero-order chi connectivity index (χ0) is 39.1. The van der Waals surface area contributed by atoms with E-state index in [0.717, 1.165) is 0 Å². The summed E-state index contributed by atoms with van der Waals surface area (Å²) in [4.78, 5) is 0. The van der Waals surface area contributed by atoms with Gasteiger partial charge in [0.25, 0.3) is 0 Å². The van der Waals surface area contributed by atoms with Gasteiger partial charge in [-0.1, -0.05) is 170 Å². The van der Waals surface area contributed by atoms with Crippen molar-refractivity contribution in [1.29, 1.82) is 0 Å². The summed E-state index contributed by atoms with van der Waals surface area (Å²) < 4.78 is 2.68. The maximum absolute atomic E-state index is 2.57. The first-order valence-electron chi connectivity index (χ1n) is 20.9. The van der Waals surface area contributed by atoms with Crippen molar-refractivity contribution < 1.29 is 0 Å². The molecule has 0 radical (unpaired) electrons. The number of hydrogen-bond acceptors (Lipinski definition) is 1. The van der Waals surface area contributed by atoms with Crippen LogP contribution < -0.4 is 0 Å². The van der Waals surface area contributed by atoms with Gasteiger partial charge >= 0.3 is 0 Å². The van der Waals surface area contributed by atoms with Crippen LogP contribution in [0.3, 0.4) is 0 Å². The summed E-state index contributed by atoms with van der Waals surface area (Å²) in [7, 11) is 0. The van der Waals surface area contributed by atoms with E-state index < -0.39 is 5.41 Å². The van der Waals surface area contributed by atoms with Crippen molar-refractivity contribution in [2.75, 3.05) is 0 Å². The molecule has 12 aromatic rings. The van der Waals surface area contributed by atoms with E-state index in [9.17, 15) is 0 Å². The largest absolute Gasteiger partial charge is 0.135 e. The predicted octanol–water partition coefficient (Wildman–Crippen LogP) is 16.3. The van der Waals surface area contributed by atoms with E-state index in [1.807, 2.05) is 11.3 Å². The highest BCUT2D eigenvalue weighted by Crippen LogP contribution is 2.65. The van der Waals surface area contributed by atoms with Crippen molar-refractivity contribution in [3.05, 3.63) is 229 Å². The summed E-state index contributed by atoms with van der Waals surface area (Å²) in [6.07, 6.45) is 0. The second kappa shape index (κ2) is 11.9. The van der Waals surface area contributed by atoms with Crippen LogP contribution in [0.2, 0.25) is 0 Å². The SMILES string of the molecule is c1ccc(-c2cc3c4ccccc4c(-c4ccc5c(c4)C4(c6ccccc6-c6cc7sc8ccccc8c7cc64)c4ccc6ccccc6c4-5)cc3c3ccccc23)cc1. The van der Waals surface area contributed by atoms with Gasteiger partial charge in [-0.25, -0.2) is 0 Å². The average molecular weight is 775 g/mol. The van der Waals surface area contributed by atoms with E-state index >= 15 is 0 Å². The summed E-state index contributed by atoms with van der Waals surface area (Å²) in [5.41, 5.74) is 15.4. The average Bonchev–Trinajstić information content (AvgIpc) is 3.93. The van der Waals surface area contributed by atoms with Gasteiger partial charge in [0.15, 0.2) is 0 Å². The van der Waals surface area contributed by atoms with Gasteiger partial charge in [0.2, 0.25) is 0 Å². The molecule has 2 aliphatic rings. The van der Waals surface area contributed by atoms with Gasteiger partial charge in [-0.3, -0.25) is 0 Å². The minimum absolute atomic E-state index is 0.488. The van der Waals surface area contributed by atoms with Gasteiger partial charge in [0, 0.05) is 20.2 Å². The van der Waals surface area contributed by atoms with E-state index in [0.29, 0.717) is 0 Å². The molecular formula is C59H34S. The van der Waals surface area contributed by atoms with Crippen LogP contribution in [0, 0.1) is 0 Å². The Kier molecular flexibility index (Phi) is 6.46. The van der Waals surface area contributed by atoms with Gasteiger partial charge in [0.1, 0.15) is 0 Å². The van der Waals surface area contributed by atoms with Crippen LogP contribution in [0.5, 0.6) is 0 Å². The van der Waals surface area contributed by atoms with E-state index in [1.165, 1.54) is 130 Å². The van der Waals surface area contributed by atoms with Crippen LogP contribution in [0.4, 0.5) is 0 Å². The molecule has 0 saturated heterocycles. The highest BCUT2D eigenvalue weighted by molar-refractivity contribution is 7.25. The normalized spacial score (nSPS) is 15.1. The quantitative estimate of drug-likeness (QED) is 0.153. The van der Waals surface area contributed by atoms with Crippen LogP contribution in [-0.2, 0) is 5.41 Å². The van der Waals surface area contributed by atoms with Crippen molar-refractivity contribution in [2.24, 2.45) is 0 Å². The summed E-state index contributed by atoms with van der Waals surface area (Å²) in [6, 6.07) is 78.2. The molecule has 276 valence electrons. The standard InChI is InChI=1S/C59H34S/c1-2-14-35(15-3-1)46-31-48-42-21-9-7-19-40(42)47(32-49(48)41-20-8-6-18-39(41)46)37-26-28-45-54(30-37)59(53-29-27-36-16-4-5-17-38(36)58(45)53)52-24-12-10-22-43(52)50-34-57-51(33-55(50)59)44-23-11-13-25-56(44)60-57/h1-34H. The van der Waals surface area contributed by atoms with Crippen LogP contribution in [-0.4, -0.2) is 0 Å². The maximum Gasteiger partial charge on any atom is 0.0726 e. The summed E-state index contributed by atoms with van der Waals surface area (Å²) in [5, 5.41) is 12.9. The molecule has 0 nitrogen and oxygen atoms in total. The fourth-order valence-corrected chi connectivity index (χ4v) is 12.5. The molecule has 1 aromatic heterocycles. The number of fused-ring (bicyclic) bond motifs is 20. The summed E-state index contributed by atoms with van der Waals surface area (Å²) >= 11 is 1.91. The third-order valence-corrected chi connectivity index (χ3v) is 15.0. The van der Waals surface area contributed by atoms with Gasteiger partial charge in [-0.05, 0) is 146 Å². The maximum atomic E-state index is 2.57. The van der Waals surface area contributed by atoms with Gasteiger partial charge in [-0.2, -0.15) is 0 Å². The molecule has 11 aromatic carbocycles. The van der Waals surface area contributed by atoms with Crippen molar-refractivity contribution in [3.8, 4) is 44.5 Å². The third-order valence-electron chi connectivity index (χ3n) is 13.8. The minimum Gasteiger partial charge on any atom is -0.135 e. The number of benzene rings is 11. The molecule has 1 heterocycles. The Bertz CT molecular complexity index is 3830. The van der Waals surface area contributed by atoms with Crippen molar-refractivity contribution >= 4 is 74.6 Å². The molecule has 0 N–H and O–H groups in total. The molecule has 1 unspecified atom stereocenters. The molecule has 0 fully saturated rings. The van der Waals surface area contributed by atoms with E-state index in [-0.39, 0.29) is 0 Å². The number of thiophene rings is 1. The molecule has 0 amide bonds. The van der Waals surface area contributed by atoms with E-state index in [2.05, 4.69) is 206 Å². The Morgan fingerprint density at radius 3 is 1.67 bits per heavy atom. The number of rotatable bonds is 2. The zero-order valence-electron chi connectivity index (χ0n) is 32.5. The fourth-order valence-electron chi connectivity index (χ4n) is 11.4. The van der Waals surface area contributed by atoms with Crippen molar-refractivity contribution in [1.82, 2.24) is 0 Å². The van der Waals surface area contributed by atoms with Crippen LogP contribution >= 0.6 is 11.3 Å². The topological polar surface area (TPSA) is 0 Å². The lowest BCUT2D eigenvalue weighted by atomic mass is 9.70. The molecular weight excluding hydrogens is 741 g/mol. The van der Waals surface area contributed by atoms with E-state index in [1.54, 1.807) is 0 Å². The lowest BCUT2D eigenvalue weighted by molar-refractivity contribution is 0.796. The van der Waals surface area contributed by atoms with Gasteiger partial charge < -0.3 is 0 Å². The van der Waals surface area contributed by atoms with Crippen LogP contribution in [0.15, 0.2) is 206 Å². The zero-order valence-corrected chi connectivity index (χ0v) is 33.4. The highest BCUT2D eigenvalue weighted by Gasteiger charge is 2.52. The Balaban J connectivity index is 1.11. The lowest BCUT2D eigenvalue weighted by Gasteiger charge is -2.31. The molecule has 2 aliphatic carbocycles. The van der Waals surface area contributed by atoms with Gasteiger partial charge in [0.05, 0.1) is 5.41 Å². The lowest BCUT2D eigenvalue weighted by Crippen LogP contribution is -2.26. The van der Waals surface area contributed by atoms with Crippen LogP contribution in [0.25, 0.3) is 108 Å². The second-order valence-electron chi connectivity index (χ2n) is 16.7. The molecule has 14 rings (SSSR count). The minimum atomic E-state index is -0.488. The Hall–Kier alpha value is -7.32. The first-order chi connectivity index (χ1) is 29.8. The Labute approximate surface area is 351 Å². The molecule has 0 aliphatic heterocycles. The Morgan fingerprint density at radius 1 is 0.267 bits per heavy atom. The predicted molar refractivity (Wildman–Crippen MR) is 257 cm³/mol. The highest BCUT2D eigenvalue weighted by atomic mass is 32.1. The first-order valence-corrected chi connectivity index (χ1v) is 21.7. The second-order valence-corrected chi connectivity index (χ2v) is 17.7. The smallest absolute Gasteiger partial charge is 0.0726 e.